The standard InChI is InChI=1S/C40H51N7O6S2/c1-28(2)37-44-35(26-54-37)38(49)46(3)39(50)45-34(16-17-47-18-20-52-21-19-47)36(48)42-31(22-29-10-6-4-7-11-29)14-15-32(23-30-12-8-5-9-13-30)43-40(51)53-25-33-24-41-27-55-33/h4-13,24,26-28,31-32,34H,14-23,25H2,1-3H3,(H,42,48)(H,43,51)(H,45,50)/t31-,32-,34+/m1/s1. The summed E-state index contributed by atoms with van der Waals surface area (Å²) in [6.45, 7) is 7.31. The molecule has 5 amide bonds. The molecule has 3 heterocycles. The molecule has 1 fully saturated rings. The number of urea groups is 1. The summed E-state index contributed by atoms with van der Waals surface area (Å²) in [6, 6.07) is 17.5. The molecule has 13 nitrogen and oxygen atoms in total. The predicted octanol–water partition coefficient (Wildman–Crippen LogP) is 5.64. The van der Waals surface area contributed by atoms with Crippen LogP contribution < -0.4 is 16.0 Å². The van der Waals surface area contributed by atoms with Crippen molar-refractivity contribution < 1.29 is 28.7 Å². The van der Waals surface area contributed by atoms with Crippen LogP contribution in [0.2, 0.25) is 0 Å². The minimum Gasteiger partial charge on any atom is -0.444 e. The Balaban J connectivity index is 1.30. The highest BCUT2D eigenvalue weighted by molar-refractivity contribution is 7.10. The van der Waals surface area contributed by atoms with Crippen LogP contribution in [0.3, 0.4) is 0 Å². The SMILES string of the molecule is CC(C)c1nc(C(=O)N(C)C(=O)N[C@@H](CCN2CCOCC2)C(=O)N[C@H](CC[C@H](Cc2ccccc2)NC(=O)OCc2cncs2)Cc2ccccc2)cs1. The first kappa shape index (κ1) is 41.5. The molecular weight excluding hydrogens is 739 g/mol. The molecule has 0 bridgehead atoms. The number of morpholine rings is 1. The van der Waals surface area contributed by atoms with Crippen LogP contribution in [0, 0.1) is 0 Å². The van der Waals surface area contributed by atoms with Crippen LogP contribution in [-0.4, -0.2) is 102 Å². The van der Waals surface area contributed by atoms with Crippen LogP contribution in [-0.2, 0) is 33.7 Å². The molecule has 1 aliphatic heterocycles. The molecule has 294 valence electrons. The molecule has 15 heteroatoms. The van der Waals surface area contributed by atoms with Gasteiger partial charge in [-0.1, -0.05) is 74.5 Å². The first-order chi connectivity index (χ1) is 26.6. The van der Waals surface area contributed by atoms with Gasteiger partial charge in [0.25, 0.3) is 5.91 Å². The van der Waals surface area contributed by atoms with E-state index in [1.165, 1.54) is 29.7 Å². The van der Waals surface area contributed by atoms with E-state index in [0.717, 1.165) is 39.0 Å². The van der Waals surface area contributed by atoms with Crippen molar-refractivity contribution in [2.45, 2.75) is 76.6 Å². The highest BCUT2D eigenvalue weighted by Gasteiger charge is 2.29. The normalized spacial score (nSPS) is 14.8. The van der Waals surface area contributed by atoms with Crippen molar-refractivity contribution in [1.29, 1.82) is 0 Å². The highest BCUT2D eigenvalue weighted by atomic mass is 32.1. The summed E-state index contributed by atoms with van der Waals surface area (Å²) in [5.74, 6) is -0.747. The lowest BCUT2D eigenvalue weighted by molar-refractivity contribution is -0.124. The fourth-order valence-corrected chi connectivity index (χ4v) is 7.49. The van der Waals surface area contributed by atoms with Gasteiger partial charge in [0.05, 0.1) is 28.6 Å². The summed E-state index contributed by atoms with van der Waals surface area (Å²) in [5, 5.41) is 11.6. The average molecular weight is 790 g/mol. The number of hydrogen-bond donors (Lipinski definition) is 3. The van der Waals surface area contributed by atoms with Crippen LogP contribution in [0.5, 0.6) is 0 Å². The van der Waals surface area contributed by atoms with Gasteiger partial charge in [-0.2, -0.15) is 0 Å². The van der Waals surface area contributed by atoms with E-state index in [-0.39, 0.29) is 36.2 Å². The maximum atomic E-state index is 14.2. The van der Waals surface area contributed by atoms with E-state index in [1.54, 1.807) is 17.1 Å². The molecule has 4 aromatic rings. The zero-order chi connectivity index (χ0) is 39.0. The van der Waals surface area contributed by atoms with Crippen molar-refractivity contribution >= 4 is 46.6 Å². The molecule has 5 rings (SSSR count). The van der Waals surface area contributed by atoms with Gasteiger partial charge in [0.15, 0.2) is 0 Å². The Morgan fingerprint density at radius 2 is 1.51 bits per heavy atom. The van der Waals surface area contributed by atoms with Crippen LogP contribution in [0.25, 0.3) is 0 Å². The molecule has 0 unspecified atom stereocenters. The number of carbonyl (C=O) groups is 4. The molecule has 0 radical (unpaired) electrons. The fraction of sp³-hybridized carbons (Fsp3) is 0.450. The number of thiazole rings is 2. The second-order valence-electron chi connectivity index (χ2n) is 13.9. The van der Waals surface area contributed by atoms with Gasteiger partial charge in [0, 0.05) is 56.3 Å². The summed E-state index contributed by atoms with van der Waals surface area (Å²) >= 11 is 2.79. The number of ether oxygens (including phenoxy) is 2. The number of amides is 5. The third-order valence-corrected chi connectivity index (χ3v) is 11.2. The zero-order valence-electron chi connectivity index (χ0n) is 31.6. The maximum Gasteiger partial charge on any atom is 0.407 e. The van der Waals surface area contributed by atoms with E-state index in [0.29, 0.717) is 51.9 Å². The van der Waals surface area contributed by atoms with Gasteiger partial charge in [-0.25, -0.2) is 14.6 Å². The third kappa shape index (κ3) is 13.5. The van der Waals surface area contributed by atoms with E-state index in [4.69, 9.17) is 9.47 Å². The Labute approximate surface area is 330 Å². The Bertz CT molecular complexity index is 1790. The molecule has 2 aromatic carbocycles. The quantitative estimate of drug-likeness (QED) is 0.116. The van der Waals surface area contributed by atoms with Crippen molar-refractivity contribution in [3.8, 4) is 0 Å². The van der Waals surface area contributed by atoms with Gasteiger partial charge in [-0.15, -0.1) is 22.7 Å². The second-order valence-corrected chi connectivity index (χ2v) is 15.7. The number of carbonyl (C=O) groups excluding carboxylic acids is 4. The molecule has 0 spiro atoms. The Kier molecular flexibility index (Phi) is 16.1. The summed E-state index contributed by atoms with van der Waals surface area (Å²) in [6.07, 6.45) is 3.64. The zero-order valence-corrected chi connectivity index (χ0v) is 33.3. The molecule has 0 saturated carbocycles. The van der Waals surface area contributed by atoms with E-state index >= 15 is 0 Å². The summed E-state index contributed by atoms with van der Waals surface area (Å²) in [5.41, 5.74) is 3.97. The van der Waals surface area contributed by atoms with Gasteiger partial charge in [-0.05, 0) is 43.2 Å². The second kappa shape index (κ2) is 21.4. The number of aromatic nitrogens is 2. The largest absolute Gasteiger partial charge is 0.444 e. The highest BCUT2D eigenvalue weighted by Crippen LogP contribution is 2.20. The average Bonchev–Trinajstić information content (AvgIpc) is 3.92. The van der Waals surface area contributed by atoms with Crippen LogP contribution in [0.15, 0.2) is 77.8 Å². The van der Waals surface area contributed by atoms with Crippen molar-refractivity contribution in [1.82, 2.24) is 35.7 Å². The summed E-state index contributed by atoms with van der Waals surface area (Å²) in [7, 11) is 1.39. The van der Waals surface area contributed by atoms with Gasteiger partial charge in [0.1, 0.15) is 18.3 Å². The number of imide groups is 1. The lowest BCUT2D eigenvalue weighted by atomic mass is 9.95. The molecular formula is C40H51N7O6S2. The number of rotatable bonds is 18. The number of benzene rings is 2. The third-order valence-electron chi connectivity index (χ3n) is 9.31. The van der Waals surface area contributed by atoms with Gasteiger partial charge in [0.2, 0.25) is 5.91 Å². The van der Waals surface area contributed by atoms with Crippen molar-refractivity contribution in [2.75, 3.05) is 39.9 Å². The first-order valence-electron chi connectivity index (χ1n) is 18.7. The Morgan fingerprint density at radius 3 is 2.09 bits per heavy atom. The monoisotopic (exact) mass is 789 g/mol. The Hall–Kier alpha value is -4.70. The minimum atomic E-state index is -0.925. The van der Waals surface area contributed by atoms with E-state index in [1.807, 2.05) is 74.5 Å². The van der Waals surface area contributed by atoms with E-state index < -0.39 is 24.1 Å². The predicted molar refractivity (Wildman–Crippen MR) is 213 cm³/mol. The van der Waals surface area contributed by atoms with Crippen molar-refractivity contribution in [3.05, 3.63) is 104 Å². The van der Waals surface area contributed by atoms with Crippen LogP contribution in [0.1, 0.15) is 70.5 Å². The molecule has 2 aromatic heterocycles. The van der Waals surface area contributed by atoms with Crippen LogP contribution >= 0.6 is 22.7 Å². The molecule has 3 atom stereocenters. The number of hydrogen-bond acceptors (Lipinski definition) is 11. The molecule has 1 saturated heterocycles. The molecule has 3 N–H and O–H groups in total. The molecule has 0 aliphatic carbocycles. The van der Waals surface area contributed by atoms with Crippen LogP contribution in [0.4, 0.5) is 9.59 Å². The van der Waals surface area contributed by atoms with Gasteiger partial charge >= 0.3 is 12.1 Å². The summed E-state index contributed by atoms with van der Waals surface area (Å²) in [4.78, 5) is 66.5. The van der Waals surface area contributed by atoms with Gasteiger partial charge in [-0.3, -0.25) is 24.4 Å². The van der Waals surface area contributed by atoms with E-state index in [2.05, 4.69) is 30.8 Å². The smallest absolute Gasteiger partial charge is 0.407 e. The minimum absolute atomic E-state index is 0.127. The lowest BCUT2D eigenvalue weighted by Gasteiger charge is -2.30. The molecule has 1 aliphatic rings. The number of nitrogens with one attached hydrogen (secondary N) is 3. The lowest BCUT2D eigenvalue weighted by Crippen LogP contribution is -2.54. The topological polar surface area (TPSA) is 155 Å². The molecule has 55 heavy (non-hydrogen) atoms. The number of nitrogens with zero attached hydrogens (tertiary/aromatic N) is 4. The maximum absolute atomic E-state index is 14.2. The van der Waals surface area contributed by atoms with Crippen molar-refractivity contribution in [3.63, 3.8) is 0 Å². The fourth-order valence-electron chi connectivity index (χ4n) is 6.18. The van der Waals surface area contributed by atoms with Gasteiger partial charge < -0.3 is 25.4 Å². The first-order valence-corrected chi connectivity index (χ1v) is 20.4. The Morgan fingerprint density at radius 1 is 0.873 bits per heavy atom. The van der Waals surface area contributed by atoms with Crippen molar-refractivity contribution in [2.24, 2.45) is 0 Å². The van der Waals surface area contributed by atoms with E-state index in [9.17, 15) is 19.2 Å². The summed E-state index contributed by atoms with van der Waals surface area (Å²) < 4.78 is 11.0. The number of alkyl carbamates (subject to hydrolysis) is 1.